The summed E-state index contributed by atoms with van der Waals surface area (Å²) in [4.78, 5) is 24.4. The van der Waals surface area contributed by atoms with Crippen LogP contribution in [0.2, 0.25) is 0 Å². The maximum absolute atomic E-state index is 12.0. The number of benzene rings is 1. The van der Waals surface area contributed by atoms with Crippen LogP contribution in [0.5, 0.6) is 5.75 Å². The van der Waals surface area contributed by atoms with Crippen molar-refractivity contribution < 1.29 is 19.4 Å². The summed E-state index contributed by atoms with van der Waals surface area (Å²) in [6.45, 7) is 5.12. The van der Waals surface area contributed by atoms with Gasteiger partial charge in [-0.2, -0.15) is 0 Å². The van der Waals surface area contributed by atoms with Crippen molar-refractivity contribution in [2.75, 3.05) is 13.1 Å². The molecule has 0 aliphatic carbocycles. The number of nitrogens with one attached hydrogen (secondary N) is 1. The second kappa shape index (κ2) is 7.15. The molecule has 0 radical (unpaired) electrons. The Balaban J connectivity index is 1.80. The Morgan fingerprint density at radius 2 is 2.05 bits per heavy atom. The number of carbonyl (C=O) groups is 2. The van der Waals surface area contributed by atoms with Gasteiger partial charge in [-0.25, -0.2) is 4.79 Å². The van der Waals surface area contributed by atoms with Gasteiger partial charge in [0.15, 0.2) is 0 Å². The van der Waals surface area contributed by atoms with Crippen LogP contribution in [-0.2, 0) is 11.3 Å². The van der Waals surface area contributed by atoms with Gasteiger partial charge in [-0.3, -0.25) is 4.79 Å². The monoisotopic (exact) mass is 306 g/mol. The molecule has 0 spiro atoms. The highest BCUT2D eigenvalue weighted by Gasteiger charge is 2.30. The molecule has 1 saturated heterocycles. The van der Waals surface area contributed by atoms with E-state index in [0.29, 0.717) is 19.5 Å². The molecule has 6 nitrogen and oxygen atoms in total. The molecule has 1 fully saturated rings. The first-order valence-electron chi connectivity index (χ1n) is 7.47. The van der Waals surface area contributed by atoms with E-state index in [-0.39, 0.29) is 18.7 Å². The predicted molar refractivity (Wildman–Crippen MR) is 81.8 cm³/mol. The molecule has 0 bridgehead atoms. The zero-order chi connectivity index (χ0) is 16.1. The van der Waals surface area contributed by atoms with Crippen LogP contribution < -0.4 is 10.1 Å². The van der Waals surface area contributed by atoms with E-state index in [9.17, 15) is 9.59 Å². The van der Waals surface area contributed by atoms with Crippen molar-refractivity contribution in [3.8, 4) is 5.75 Å². The quantitative estimate of drug-likeness (QED) is 0.873. The largest absolute Gasteiger partial charge is 0.491 e. The number of ether oxygens (including phenoxy) is 1. The molecule has 22 heavy (non-hydrogen) atoms. The van der Waals surface area contributed by atoms with Gasteiger partial charge < -0.3 is 20.1 Å². The molecule has 1 unspecified atom stereocenters. The van der Waals surface area contributed by atoms with Gasteiger partial charge in [0, 0.05) is 19.6 Å². The lowest BCUT2D eigenvalue weighted by Crippen LogP contribution is -2.38. The molecule has 2 rings (SSSR count). The number of rotatable bonds is 5. The number of urea groups is 1. The van der Waals surface area contributed by atoms with Crippen molar-refractivity contribution in [3.63, 3.8) is 0 Å². The topological polar surface area (TPSA) is 78.9 Å². The molecule has 1 atom stereocenters. The fraction of sp³-hybridized carbons (Fsp3) is 0.500. The van der Waals surface area contributed by atoms with Crippen LogP contribution >= 0.6 is 0 Å². The number of aliphatic carboxylic acids is 1. The van der Waals surface area contributed by atoms with E-state index >= 15 is 0 Å². The fourth-order valence-electron chi connectivity index (χ4n) is 2.39. The maximum atomic E-state index is 12.0. The maximum Gasteiger partial charge on any atom is 0.317 e. The van der Waals surface area contributed by atoms with Crippen molar-refractivity contribution in [3.05, 3.63) is 29.8 Å². The van der Waals surface area contributed by atoms with Crippen LogP contribution in [0.25, 0.3) is 0 Å². The Labute approximate surface area is 130 Å². The number of carboxylic acid groups (broad SMARTS) is 1. The van der Waals surface area contributed by atoms with E-state index in [0.717, 1.165) is 11.3 Å². The van der Waals surface area contributed by atoms with Gasteiger partial charge >= 0.3 is 12.0 Å². The molecule has 0 aromatic heterocycles. The number of amides is 2. The van der Waals surface area contributed by atoms with E-state index in [1.165, 1.54) is 0 Å². The zero-order valence-electron chi connectivity index (χ0n) is 12.9. The van der Waals surface area contributed by atoms with Crippen LogP contribution in [-0.4, -0.2) is 41.2 Å². The van der Waals surface area contributed by atoms with Gasteiger partial charge in [0.05, 0.1) is 12.0 Å². The first-order valence-corrected chi connectivity index (χ1v) is 7.47. The summed E-state index contributed by atoms with van der Waals surface area (Å²) >= 11 is 0. The Morgan fingerprint density at radius 3 is 2.59 bits per heavy atom. The Morgan fingerprint density at radius 1 is 1.36 bits per heavy atom. The van der Waals surface area contributed by atoms with Crippen molar-refractivity contribution in [1.29, 1.82) is 0 Å². The summed E-state index contributed by atoms with van der Waals surface area (Å²) in [7, 11) is 0. The lowest BCUT2D eigenvalue weighted by Gasteiger charge is -2.17. The number of carbonyl (C=O) groups excluding carboxylic acids is 1. The third-order valence-electron chi connectivity index (χ3n) is 3.56. The SMILES string of the molecule is CC(C)Oc1ccc(CNC(=O)N2CCC(C(=O)O)C2)cc1. The summed E-state index contributed by atoms with van der Waals surface area (Å²) in [5.74, 6) is -0.483. The molecule has 2 amide bonds. The molecular formula is C16H22N2O4. The highest BCUT2D eigenvalue weighted by molar-refractivity contribution is 5.77. The molecule has 1 aliphatic heterocycles. The number of likely N-dealkylation sites (tertiary alicyclic amines) is 1. The van der Waals surface area contributed by atoms with Gasteiger partial charge in [0.25, 0.3) is 0 Å². The number of nitrogens with zero attached hydrogens (tertiary/aromatic N) is 1. The third kappa shape index (κ3) is 4.38. The molecule has 1 heterocycles. The fourth-order valence-corrected chi connectivity index (χ4v) is 2.39. The smallest absolute Gasteiger partial charge is 0.317 e. The number of carboxylic acids is 1. The van der Waals surface area contributed by atoms with Crippen molar-refractivity contribution in [1.82, 2.24) is 10.2 Å². The standard InChI is InChI=1S/C16H22N2O4/c1-11(2)22-14-5-3-12(4-6-14)9-17-16(21)18-8-7-13(10-18)15(19)20/h3-6,11,13H,7-10H2,1-2H3,(H,17,21)(H,19,20). The molecule has 6 heteroatoms. The molecule has 1 aromatic carbocycles. The summed E-state index contributed by atoms with van der Waals surface area (Å²) in [6.07, 6.45) is 0.646. The second-order valence-electron chi connectivity index (χ2n) is 5.74. The van der Waals surface area contributed by atoms with E-state index in [2.05, 4.69) is 5.32 Å². The van der Waals surface area contributed by atoms with Crippen molar-refractivity contribution in [2.45, 2.75) is 32.9 Å². The average Bonchev–Trinajstić information content (AvgIpc) is 2.96. The lowest BCUT2D eigenvalue weighted by molar-refractivity contribution is -0.141. The molecular weight excluding hydrogens is 284 g/mol. The van der Waals surface area contributed by atoms with Crippen LogP contribution in [0.1, 0.15) is 25.8 Å². The molecule has 0 saturated carbocycles. The van der Waals surface area contributed by atoms with Gasteiger partial charge in [0.2, 0.25) is 0 Å². The van der Waals surface area contributed by atoms with E-state index in [4.69, 9.17) is 9.84 Å². The molecule has 120 valence electrons. The van der Waals surface area contributed by atoms with E-state index in [1.54, 1.807) is 4.90 Å². The average molecular weight is 306 g/mol. The normalized spacial score (nSPS) is 17.6. The Bertz CT molecular complexity index is 527. The van der Waals surface area contributed by atoms with E-state index < -0.39 is 11.9 Å². The first-order chi connectivity index (χ1) is 10.5. The molecule has 1 aliphatic rings. The summed E-state index contributed by atoms with van der Waals surface area (Å²) < 4.78 is 5.56. The van der Waals surface area contributed by atoms with Crippen LogP contribution in [0, 0.1) is 5.92 Å². The lowest BCUT2D eigenvalue weighted by atomic mass is 10.1. The van der Waals surface area contributed by atoms with Crippen LogP contribution in [0.3, 0.4) is 0 Å². The zero-order valence-corrected chi connectivity index (χ0v) is 12.9. The van der Waals surface area contributed by atoms with Crippen LogP contribution in [0.4, 0.5) is 4.79 Å². The minimum absolute atomic E-state index is 0.128. The second-order valence-corrected chi connectivity index (χ2v) is 5.74. The van der Waals surface area contributed by atoms with Crippen molar-refractivity contribution >= 4 is 12.0 Å². The minimum atomic E-state index is -0.837. The first kappa shape index (κ1) is 16.1. The third-order valence-corrected chi connectivity index (χ3v) is 3.56. The summed E-state index contributed by atoms with van der Waals surface area (Å²) in [5.41, 5.74) is 0.971. The van der Waals surface area contributed by atoms with Crippen molar-refractivity contribution in [2.24, 2.45) is 5.92 Å². The van der Waals surface area contributed by atoms with Crippen LogP contribution in [0.15, 0.2) is 24.3 Å². The molecule has 1 aromatic rings. The highest BCUT2D eigenvalue weighted by Crippen LogP contribution is 2.17. The van der Waals surface area contributed by atoms with E-state index in [1.807, 2.05) is 38.1 Å². The Hall–Kier alpha value is -2.24. The van der Waals surface area contributed by atoms with Gasteiger partial charge in [-0.15, -0.1) is 0 Å². The van der Waals surface area contributed by atoms with Gasteiger partial charge in [0.1, 0.15) is 5.75 Å². The minimum Gasteiger partial charge on any atom is -0.491 e. The number of hydrogen-bond acceptors (Lipinski definition) is 3. The van der Waals surface area contributed by atoms with Gasteiger partial charge in [-0.05, 0) is 38.0 Å². The van der Waals surface area contributed by atoms with Gasteiger partial charge in [-0.1, -0.05) is 12.1 Å². The predicted octanol–water partition coefficient (Wildman–Crippen LogP) is 2.09. The molecule has 2 N–H and O–H groups in total. The Kier molecular flexibility index (Phi) is 5.25. The summed E-state index contributed by atoms with van der Waals surface area (Å²) in [6, 6.07) is 7.34. The highest BCUT2D eigenvalue weighted by atomic mass is 16.5. The number of hydrogen-bond donors (Lipinski definition) is 2. The summed E-state index contributed by atoms with van der Waals surface area (Å²) in [5, 5.41) is 11.8.